The van der Waals surface area contributed by atoms with E-state index in [1.54, 1.807) is 43.3 Å². The van der Waals surface area contributed by atoms with Gasteiger partial charge in [0.05, 0.1) is 4.91 Å². The Hall–Kier alpha value is -2.23. The number of nitrogens with one attached hydrogen (secondary N) is 1. The number of carbonyl (C=O) groups excluding carboxylic acids is 4. The van der Waals surface area contributed by atoms with Crippen LogP contribution in [0.25, 0.3) is 6.08 Å². The second kappa shape index (κ2) is 10.6. The Bertz CT molecular complexity index is 961. The lowest BCUT2D eigenvalue weighted by Gasteiger charge is -2.33. The first-order valence-corrected chi connectivity index (χ1v) is 11.7. The molecule has 0 saturated carbocycles. The smallest absolute Gasteiger partial charge is 0.319 e. The fourth-order valence-electron chi connectivity index (χ4n) is 3.50. The third kappa shape index (κ3) is 5.76. The molecular weight excluding hydrogens is 475 g/mol. The van der Waals surface area contributed by atoms with Crippen LogP contribution in [0.4, 0.5) is 9.59 Å². The predicted molar refractivity (Wildman–Crippen MR) is 126 cm³/mol. The molecule has 0 aliphatic carbocycles. The molecule has 8 nitrogen and oxygen atoms in total. The Labute approximate surface area is 200 Å². The molecule has 172 valence electrons. The Morgan fingerprint density at radius 2 is 1.91 bits per heavy atom. The molecule has 2 saturated heterocycles. The van der Waals surface area contributed by atoms with E-state index in [0.29, 0.717) is 41.5 Å². The average Bonchev–Trinajstić information content (AvgIpc) is 3.02. The number of piperidine rings is 1. The molecule has 2 heterocycles. The van der Waals surface area contributed by atoms with E-state index in [0.717, 1.165) is 16.7 Å². The fourth-order valence-corrected chi connectivity index (χ4v) is 4.82. The summed E-state index contributed by atoms with van der Waals surface area (Å²) in [7, 11) is 3.40. The van der Waals surface area contributed by atoms with Gasteiger partial charge in [-0.2, -0.15) is 0 Å². The molecule has 0 radical (unpaired) electrons. The highest BCUT2D eigenvalue weighted by Crippen LogP contribution is 2.33. The van der Waals surface area contributed by atoms with Crippen molar-refractivity contribution in [2.75, 3.05) is 40.3 Å². The van der Waals surface area contributed by atoms with Crippen molar-refractivity contribution in [3.05, 3.63) is 38.7 Å². The van der Waals surface area contributed by atoms with E-state index in [-0.39, 0.29) is 35.9 Å². The molecular formula is C21H24Cl2N4O4S. The number of urea groups is 1. The molecule has 1 N–H and O–H groups in total. The second-order valence-corrected chi connectivity index (χ2v) is 9.57. The molecule has 0 unspecified atom stereocenters. The molecule has 2 aliphatic rings. The molecule has 0 bridgehead atoms. The Balaban J connectivity index is 1.49. The van der Waals surface area contributed by atoms with Gasteiger partial charge >= 0.3 is 6.03 Å². The van der Waals surface area contributed by atoms with Gasteiger partial charge in [0.15, 0.2) is 0 Å². The number of carbonyl (C=O) groups is 4. The van der Waals surface area contributed by atoms with E-state index >= 15 is 0 Å². The van der Waals surface area contributed by atoms with E-state index in [2.05, 4.69) is 5.32 Å². The maximum absolute atomic E-state index is 12.6. The van der Waals surface area contributed by atoms with Gasteiger partial charge in [-0.15, -0.1) is 0 Å². The molecule has 3 rings (SSSR count). The van der Waals surface area contributed by atoms with Gasteiger partial charge in [0.25, 0.3) is 11.1 Å². The van der Waals surface area contributed by atoms with Crippen molar-refractivity contribution in [3.63, 3.8) is 0 Å². The summed E-state index contributed by atoms with van der Waals surface area (Å²) in [5.74, 6) is -0.740. The van der Waals surface area contributed by atoms with Crippen LogP contribution in [0, 0.1) is 5.92 Å². The summed E-state index contributed by atoms with van der Waals surface area (Å²) in [6.07, 6.45) is 2.72. The zero-order valence-corrected chi connectivity index (χ0v) is 20.1. The van der Waals surface area contributed by atoms with Crippen LogP contribution in [0.3, 0.4) is 0 Å². The van der Waals surface area contributed by atoms with E-state index in [9.17, 15) is 19.2 Å². The van der Waals surface area contributed by atoms with Crippen molar-refractivity contribution in [1.29, 1.82) is 0 Å². The quantitative estimate of drug-likeness (QED) is 0.626. The molecule has 1 aromatic rings. The Morgan fingerprint density at radius 1 is 1.22 bits per heavy atom. The van der Waals surface area contributed by atoms with Gasteiger partial charge in [-0.3, -0.25) is 19.3 Å². The fraction of sp³-hybridized carbons (Fsp3) is 0.429. The van der Waals surface area contributed by atoms with Crippen LogP contribution in [0.1, 0.15) is 18.4 Å². The van der Waals surface area contributed by atoms with Crippen molar-refractivity contribution < 1.29 is 19.2 Å². The number of hydrogen-bond acceptors (Lipinski definition) is 5. The van der Waals surface area contributed by atoms with Crippen molar-refractivity contribution in [1.82, 2.24) is 20.0 Å². The summed E-state index contributed by atoms with van der Waals surface area (Å²) in [5.41, 5.74) is 0.592. The monoisotopic (exact) mass is 498 g/mol. The van der Waals surface area contributed by atoms with Crippen LogP contribution in [0.5, 0.6) is 0 Å². The Kier molecular flexibility index (Phi) is 8.08. The van der Waals surface area contributed by atoms with Crippen molar-refractivity contribution in [2.45, 2.75) is 12.8 Å². The van der Waals surface area contributed by atoms with Crippen LogP contribution in [0.15, 0.2) is 23.1 Å². The minimum Gasteiger partial charge on any atom is -0.354 e. The van der Waals surface area contributed by atoms with Crippen LogP contribution in [0.2, 0.25) is 10.0 Å². The number of imide groups is 1. The number of nitrogens with zero attached hydrogens (tertiary/aromatic N) is 3. The third-order valence-electron chi connectivity index (χ3n) is 5.28. The number of rotatable bonds is 5. The SMILES string of the molecule is CN(C)C(=O)N1CCC(C(=O)NCCN2C(=O)S/C(=C\c3ccc(Cl)cc3Cl)C2=O)CC1. The minimum absolute atomic E-state index is 0.0591. The summed E-state index contributed by atoms with van der Waals surface area (Å²) >= 11 is 12.9. The zero-order valence-electron chi connectivity index (χ0n) is 17.8. The number of likely N-dealkylation sites (tertiary alicyclic amines) is 1. The standard InChI is InChI=1S/C21H24Cl2N4O4S/c1-25(2)20(30)26-8-5-13(6-9-26)18(28)24-7-10-27-19(29)17(32-21(27)31)11-14-3-4-15(22)12-16(14)23/h3-4,11-13H,5-10H2,1-2H3,(H,24,28)/b17-11-. The number of benzene rings is 1. The topological polar surface area (TPSA) is 90.0 Å². The van der Waals surface area contributed by atoms with Gasteiger partial charge in [-0.05, 0) is 48.4 Å². The molecule has 11 heteroatoms. The Morgan fingerprint density at radius 3 is 2.53 bits per heavy atom. The lowest BCUT2D eigenvalue weighted by atomic mass is 9.96. The molecule has 0 aromatic heterocycles. The second-order valence-electron chi connectivity index (χ2n) is 7.73. The maximum atomic E-state index is 12.6. The van der Waals surface area contributed by atoms with E-state index in [4.69, 9.17) is 23.2 Å². The van der Waals surface area contributed by atoms with Crippen LogP contribution >= 0.6 is 35.0 Å². The van der Waals surface area contributed by atoms with Gasteiger partial charge in [0.1, 0.15) is 0 Å². The molecule has 2 aliphatic heterocycles. The molecule has 5 amide bonds. The number of thioether (sulfide) groups is 1. The van der Waals surface area contributed by atoms with E-state index in [1.807, 2.05) is 0 Å². The molecule has 2 fully saturated rings. The first-order valence-electron chi connectivity index (χ1n) is 10.1. The number of hydrogen-bond donors (Lipinski definition) is 1. The van der Waals surface area contributed by atoms with Gasteiger partial charge < -0.3 is 15.1 Å². The van der Waals surface area contributed by atoms with E-state index < -0.39 is 11.1 Å². The van der Waals surface area contributed by atoms with Crippen LogP contribution in [-0.2, 0) is 9.59 Å². The van der Waals surface area contributed by atoms with Crippen molar-refractivity contribution in [3.8, 4) is 0 Å². The van der Waals surface area contributed by atoms with Crippen LogP contribution < -0.4 is 5.32 Å². The lowest BCUT2D eigenvalue weighted by Crippen LogP contribution is -2.47. The maximum Gasteiger partial charge on any atom is 0.319 e. The van der Waals surface area contributed by atoms with Gasteiger partial charge in [-0.1, -0.05) is 29.3 Å². The van der Waals surface area contributed by atoms with Gasteiger partial charge in [0.2, 0.25) is 5.91 Å². The number of halogens is 2. The molecule has 0 spiro atoms. The van der Waals surface area contributed by atoms with Gasteiger partial charge in [-0.25, -0.2) is 4.79 Å². The normalized spacial score (nSPS) is 18.4. The summed E-state index contributed by atoms with van der Waals surface area (Å²) in [4.78, 5) is 54.0. The van der Waals surface area contributed by atoms with E-state index in [1.165, 1.54) is 4.90 Å². The highest BCUT2D eigenvalue weighted by molar-refractivity contribution is 8.18. The largest absolute Gasteiger partial charge is 0.354 e. The summed E-state index contributed by atoms with van der Waals surface area (Å²) in [6, 6.07) is 4.84. The first-order chi connectivity index (χ1) is 15.2. The molecule has 0 atom stereocenters. The summed E-state index contributed by atoms with van der Waals surface area (Å²) in [6.45, 7) is 1.30. The summed E-state index contributed by atoms with van der Waals surface area (Å²) in [5, 5.41) is 3.27. The average molecular weight is 499 g/mol. The molecule has 1 aromatic carbocycles. The predicted octanol–water partition coefficient (Wildman–Crippen LogP) is 3.54. The van der Waals surface area contributed by atoms with Gasteiger partial charge in [0, 0.05) is 56.2 Å². The highest BCUT2D eigenvalue weighted by Gasteiger charge is 2.35. The first kappa shape index (κ1) is 24.4. The minimum atomic E-state index is -0.421. The molecule has 32 heavy (non-hydrogen) atoms. The zero-order chi connectivity index (χ0) is 23.4. The van der Waals surface area contributed by atoms with Crippen LogP contribution in [-0.4, -0.2) is 78.1 Å². The number of amides is 5. The highest BCUT2D eigenvalue weighted by atomic mass is 35.5. The lowest BCUT2D eigenvalue weighted by molar-refractivity contribution is -0.127. The third-order valence-corrected chi connectivity index (χ3v) is 6.75. The van der Waals surface area contributed by atoms with Crippen molar-refractivity contribution in [2.24, 2.45) is 5.92 Å². The van der Waals surface area contributed by atoms with Crippen molar-refractivity contribution >= 4 is 64.1 Å². The summed E-state index contributed by atoms with van der Waals surface area (Å²) < 4.78 is 0.